The molecule has 1 amide bonds. The van der Waals surface area contributed by atoms with Crippen LogP contribution in [0.2, 0.25) is 0 Å². The summed E-state index contributed by atoms with van der Waals surface area (Å²) in [6.07, 6.45) is 2.66. The van der Waals surface area contributed by atoms with E-state index in [9.17, 15) is 4.79 Å². The first kappa shape index (κ1) is 11.5. The Kier molecular flexibility index (Phi) is 3.61. The molecule has 2 N–H and O–H groups in total. The van der Waals surface area contributed by atoms with Gasteiger partial charge in [0.05, 0.1) is 11.3 Å². The van der Waals surface area contributed by atoms with E-state index in [-0.39, 0.29) is 5.91 Å². The third kappa shape index (κ3) is 3.49. The zero-order chi connectivity index (χ0) is 12.1. The molecule has 0 heterocycles. The van der Waals surface area contributed by atoms with E-state index in [0.29, 0.717) is 24.6 Å². The summed E-state index contributed by atoms with van der Waals surface area (Å²) in [7, 11) is 0. The highest BCUT2D eigenvalue weighted by molar-refractivity contribution is 5.77. The van der Waals surface area contributed by atoms with Crippen molar-refractivity contribution < 1.29 is 4.79 Å². The molecular weight excluding hydrogens is 214 g/mol. The van der Waals surface area contributed by atoms with Gasteiger partial charge in [-0.05, 0) is 25.0 Å². The summed E-state index contributed by atoms with van der Waals surface area (Å²) in [4.78, 5) is 11.4. The predicted octanol–water partition coefficient (Wildman–Crippen LogP) is 1.64. The molecule has 1 fully saturated rings. The number of nitriles is 1. The van der Waals surface area contributed by atoms with E-state index in [1.54, 1.807) is 6.07 Å². The van der Waals surface area contributed by atoms with Crippen molar-refractivity contribution in [3.8, 4) is 6.07 Å². The van der Waals surface area contributed by atoms with Crippen LogP contribution in [0.5, 0.6) is 0 Å². The van der Waals surface area contributed by atoms with Crippen LogP contribution in [0.1, 0.15) is 24.8 Å². The lowest BCUT2D eigenvalue weighted by molar-refractivity contribution is -0.120. The van der Waals surface area contributed by atoms with Crippen molar-refractivity contribution >= 4 is 11.6 Å². The minimum atomic E-state index is 0.0782. The van der Waals surface area contributed by atoms with Gasteiger partial charge in [0, 0.05) is 19.0 Å². The third-order valence-electron chi connectivity index (χ3n) is 2.66. The number of nitrogens with zero attached hydrogens (tertiary/aromatic N) is 1. The second-order valence-corrected chi connectivity index (χ2v) is 4.18. The number of amides is 1. The maximum absolute atomic E-state index is 11.4. The molecule has 1 aliphatic rings. The number of hydrogen-bond donors (Lipinski definition) is 2. The van der Waals surface area contributed by atoms with Gasteiger partial charge in [-0.3, -0.25) is 4.79 Å². The van der Waals surface area contributed by atoms with Gasteiger partial charge in [-0.1, -0.05) is 12.1 Å². The smallest absolute Gasteiger partial charge is 0.221 e. The summed E-state index contributed by atoms with van der Waals surface area (Å²) in [6, 6.07) is 9.82. The lowest BCUT2D eigenvalue weighted by Crippen LogP contribution is -2.27. The van der Waals surface area contributed by atoms with Crippen LogP contribution in [0.4, 0.5) is 5.69 Å². The van der Waals surface area contributed by atoms with E-state index in [1.165, 1.54) is 0 Å². The number of para-hydroxylation sites is 1. The molecule has 0 aliphatic heterocycles. The quantitative estimate of drug-likeness (QED) is 0.806. The highest BCUT2D eigenvalue weighted by Crippen LogP contribution is 2.18. The molecule has 0 atom stereocenters. The Labute approximate surface area is 101 Å². The summed E-state index contributed by atoms with van der Waals surface area (Å²) >= 11 is 0. The summed E-state index contributed by atoms with van der Waals surface area (Å²) in [5.74, 6) is 0.0782. The Morgan fingerprint density at radius 3 is 2.88 bits per heavy atom. The lowest BCUT2D eigenvalue weighted by atomic mass is 10.2. The molecule has 4 heteroatoms. The van der Waals surface area contributed by atoms with Crippen molar-refractivity contribution in [2.75, 3.05) is 11.9 Å². The monoisotopic (exact) mass is 229 g/mol. The Morgan fingerprint density at radius 1 is 1.41 bits per heavy atom. The second-order valence-electron chi connectivity index (χ2n) is 4.18. The van der Waals surface area contributed by atoms with Crippen molar-refractivity contribution in [1.82, 2.24) is 5.32 Å². The van der Waals surface area contributed by atoms with Gasteiger partial charge >= 0.3 is 0 Å². The maximum Gasteiger partial charge on any atom is 0.221 e. The van der Waals surface area contributed by atoms with Crippen LogP contribution >= 0.6 is 0 Å². The number of anilines is 1. The molecule has 1 aromatic carbocycles. The van der Waals surface area contributed by atoms with Gasteiger partial charge in [0.25, 0.3) is 0 Å². The molecule has 0 aromatic heterocycles. The molecule has 1 aliphatic carbocycles. The van der Waals surface area contributed by atoms with Gasteiger partial charge in [-0.25, -0.2) is 0 Å². The summed E-state index contributed by atoms with van der Waals surface area (Å²) in [5, 5.41) is 14.9. The molecule has 1 saturated carbocycles. The van der Waals surface area contributed by atoms with E-state index in [2.05, 4.69) is 16.7 Å². The average Bonchev–Trinajstić information content (AvgIpc) is 3.13. The van der Waals surface area contributed by atoms with Crippen molar-refractivity contribution in [2.45, 2.75) is 25.3 Å². The Bertz CT molecular complexity index is 446. The highest BCUT2D eigenvalue weighted by atomic mass is 16.1. The molecule has 0 bridgehead atoms. The number of hydrogen-bond acceptors (Lipinski definition) is 3. The minimum Gasteiger partial charge on any atom is -0.383 e. The number of benzene rings is 1. The fourth-order valence-electron chi connectivity index (χ4n) is 1.57. The van der Waals surface area contributed by atoms with Crippen molar-refractivity contribution in [3.05, 3.63) is 29.8 Å². The van der Waals surface area contributed by atoms with Gasteiger partial charge in [0.2, 0.25) is 5.91 Å². The minimum absolute atomic E-state index is 0.0782. The van der Waals surface area contributed by atoms with Crippen LogP contribution in [-0.2, 0) is 4.79 Å². The normalized spacial score (nSPS) is 13.8. The maximum atomic E-state index is 11.4. The standard InChI is InChI=1S/C13H15N3O/c14-9-10-3-1-2-4-12(10)15-8-7-13(17)16-11-5-6-11/h1-4,11,15H,5-8H2,(H,16,17). The number of rotatable bonds is 5. The van der Waals surface area contributed by atoms with Gasteiger partial charge in [0.1, 0.15) is 6.07 Å². The molecular formula is C13H15N3O. The number of nitrogens with one attached hydrogen (secondary N) is 2. The topological polar surface area (TPSA) is 64.9 Å². The first-order valence-electron chi connectivity index (χ1n) is 5.82. The largest absolute Gasteiger partial charge is 0.383 e. The summed E-state index contributed by atoms with van der Waals surface area (Å²) in [5.41, 5.74) is 1.39. The molecule has 0 radical (unpaired) electrons. The first-order chi connectivity index (χ1) is 8.29. The van der Waals surface area contributed by atoms with Crippen LogP contribution in [0, 0.1) is 11.3 Å². The van der Waals surface area contributed by atoms with Crippen LogP contribution in [0.3, 0.4) is 0 Å². The molecule has 0 unspecified atom stereocenters. The zero-order valence-corrected chi connectivity index (χ0v) is 9.57. The first-order valence-corrected chi connectivity index (χ1v) is 5.82. The highest BCUT2D eigenvalue weighted by Gasteiger charge is 2.22. The van der Waals surface area contributed by atoms with Gasteiger partial charge < -0.3 is 10.6 Å². The van der Waals surface area contributed by atoms with Gasteiger partial charge in [-0.15, -0.1) is 0 Å². The molecule has 0 spiro atoms. The molecule has 4 nitrogen and oxygen atoms in total. The van der Waals surface area contributed by atoms with Crippen molar-refractivity contribution in [2.24, 2.45) is 0 Å². The molecule has 88 valence electrons. The Hall–Kier alpha value is -2.02. The summed E-state index contributed by atoms with van der Waals surface area (Å²) in [6.45, 7) is 0.553. The van der Waals surface area contributed by atoms with E-state index in [4.69, 9.17) is 5.26 Å². The van der Waals surface area contributed by atoms with Gasteiger partial charge in [-0.2, -0.15) is 5.26 Å². The van der Waals surface area contributed by atoms with Crippen LogP contribution in [-0.4, -0.2) is 18.5 Å². The fourth-order valence-corrected chi connectivity index (χ4v) is 1.57. The Morgan fingerprint density at radius 2 is 2.18 bits per heavy atom. The second kappa shape index (κ2) is 5.35. The van der Waals surface area contributed by atoms with E-state index < -0.39 is 0 Å². The number of carbonyl (C=O) groups is 1. The Balaban J connectivity index is 1.77. The SMILES string of the molecule is N#Cc1ccccc1NCCC(=O)NC1CC1. The molecule has 2 rings (SSSR count). The van der Waals surface area contributed by atoms with Crippen LogP contribution in [0.25, 0.3) is 0 Å². The van der Waals surface area contributed by atoms with E-state index >= 15 is 0 Å². The third-order valence-corrected chi connectivity index (χ3v) is 2.66. The fraction of sp³-hybridized carbons (Fsp3) is 0.385. The summed E-state index contributed by atoms with van der Waals surface area (Å²) < 4.78 is 0. The van der Waals surface area contributed by atoms with Crippen LogP contribution < -0.4 is 10.6 Å². The van der Waals surface area contributed by atoms with Crippen molar-refractivity contribution in [3.63, 3.8) is 0 Å². The molecule has 0 saturated heterocycles. The zero-order valence-electron chi connectivity index (χ0n) is 9.57. The van der Waals surface area contributed by atoms with Gasteiger partial charge in [0.15, 0.2) is 0 Å². The molecule has 1 aromatic rings. The van der Waals surface area contributed by atoms with Crippen LogP contribution in [0.15, 0.2) is 24.3 Å². The number of carbonyl (C=O) groups excluding carboxylic acids is 1. The molecule has 17 heavy (non-hydrogen) atoms. The lowest BCUT2D eigenvalue weighted by Gasteiger charge is -2.07. The predicted molar refractivity (Wildman–Crippen MR) is 65.4 cm³/mol. The van der Waals surface area contributed by atoms with E-state index in [0.717, 1.165) is 18.5 Å². The van der Waals surface area contributed by atoms with Crippen molar-refractivity contribution in [1.29, 1.82) is 5.26 Å². The van der Waals surface area contributed by atoms with E-state index in [1.807, 2.05) is 18.2 Å². The average molecular weight is 229 g/mol.